The van der Waals surface area contributed by atoms with E-state index in [4.69, 9.17) is 5.26 Å². The molecular weight excluding hydrogens is 308 g/mol. The Morgan fingerprint density at radius 1 is 1.17 bits per heavy atom. The van der Waals surface area contributed by atoms with E-state index in [0.29, 0.717) is 22.0 Å². The second-order valence-corrected chi connectivity index (χ2v) is 7.06. The van der Waals surface area contributed by atoms with Crippen molar-refractivity contribution in [3.63, 3.8) is 0 Å². The van der Waals surface area contributed by atoms with Gasteiger partial charge in [-0.3, -0.25) is 0 Å². The van der Waals surface area contributed by atoms with Gasteiger partial charge in [0, 0.05) is 17.1 Å². The van der Waals surface area contributed by atoms with Crippen molar-refractivity contribution in [1.82, 2.24) is 3.97 Å². The summed E-state index contributed by atoms with van der Waals surface area (Å²) in [6, 6.07) is 13.7. The molecule has 23 heavy (non-hydrogen) atoms. The molecule has 3 aromatic rings. The molecule has 0 radical (unpaired) electrons. The first-order chi connectivity index (χ1) is 11.0. The van der Waals surface area contributed by atoms with Gasteiger partial charge in [-0.15, -0.1) is 0 Å². The lowest BCUT2D eigenvalue weighted by molar-refractivity contribution is 0.589. The number of benzene rings is 2. The Morgan fingerprint density at radius 2 is 1.87 bits per heavy atom. The van der Waals surface area contributed by atoms with Gasteiger partial charge in [0.05, 0.1) is 22.0 Å². The fourth-order valence-electron chi connectivity index (χ4n) is 2.48. The van der Waals surface area contributed by atoms with Crippen LogP contribution in [-0.2, 0) is 10.0 Å². The van der Waals surface area contributed by atoms with Crippen molar-refractivity contribution >= 4 is 27.0 Å². The molecule has 0 bridgehead atoms. The summed E-state index contributed by atoms with van der Waals surface area (Å²) in [6.45, 7) is 5.63. The van der Waals surface area contributed by atoms with Crippen LogP contribution in [0.5, 0.6) is 0 Å². The number of nitrogens with zero attached hydrogens (tertiary/aromatic N) is 2. The minimum atomic E-state index is -3.71. The summed E-state index contributed by atoms with van der Waals surface area (Å²) in [5.41, 5.74) is 2.67. The quantitative estimate of drug-likeness (QED) is 0.738. The molecule has 0 amide bonds. The Labute approximate surface area is 135 Å². The maximum absolute atomic E-state index is 12.9. The molecule has 5 heteroatoms. The summed E-state index contributed by atoms with van der Waals surface area (Å²) in [5.74, 6) is 0. The van der Waals surface area contributed by atoms with Crippen molar-refractivity contribution in [2.24, 2.45) is 0 Å². The number of hydrogen-bond donors (Lipinski definition) is 0. The van der Waals surface area contributed by atoms with Crippen LogP contribution in [0.3, 0.4) is 0 Å². The van der Waals surface area contributed by atoms with E-state index in [1.165, 1.54) is 10.2 Å². The zero-order valence-electron chi connectivity index (χ0n) is 12.5. The molecule has 0 spiro atoms. The van der Waals surface area contributed by atoms with Gasteiger partial charge in [0.1, 0.15) is 0 Å². The predicted octanol–water partition coefficient (Wildman–Crippen LogP) is 3.70. The van der Waals surface area contributed by atoms with Crippen LogP contribution in [0.1, 0.15) is 16.7 Å². The summed E-state index contributed by atoms with van der Waals surface area (Å²) in [5, 5.41) is 9.72. The van der Waals surface area contributed by atoms with E-state index < -0.39 is 10.0 Å². The number of aromatic nitrogens is 1. The Bertz CT molecular complexity index is 1050. The van der Waals surface area contributed by atoms with Crippen LogP contribution in [0.25, 0.3) is 17.0 Å². The first kappa shape index (κ1) is 15.1. The zero-order chi connectivity index (χ0) is 16.6. The highest BCUT2D eigenvalue weighted by Crippen LogP contribution is 2.27. The van der Waals surface area contributed by atoms with Crippen molar-refractivity contribution in [1.29, 1.82) is 5.26 Å². The number of aryl methyl sites for hydroxylation is 1. The van der Waals surface area contributed by atoms with Crippen molar-refractivity contribution in [2.45, 2.75) is 11.8 Å². The second kappa shape index (κ2) is 5.41. The van der Waals surface area contributed by atoms with Gasteiger partial charge in [-0.05, 0) is 37.3 Å². The summed E-state index contributed by atoms with van der Waals surface area (Å²) in [4.78, 5) is 0.222. The van der Waals surface area contributed by atoms with Crippen LogP contribution in [0.4, 0.5) is 0 Å². The standard InChI is InChI=1S/C18H14N2O2S/c1-3-15-12-20(18-9-6-14(11-19)10-17(15)18)23(21,22)16-7-4-13(2)5-8-16/h3-10,12H,1H2,2H3. The molecule has 0 N–H and O–H groups in total. The first-order valence-electron chi connectivity index (χ1n) is 6.97. The fourth-order valence-corrected chi connectivity index (χ4v) is 3.86. The zero-order valence-corrected chi connectivity index (χ0v) is 13.3. The third kappa shape index (κ3) is 2.43. The number of nitriles is 1. The third-order valence-corrected chi connectivity index (χ3v) is 5.42. The minimum Gasteiger partial charge on any atom is -0.241 e. The summed E-state index contributed by atoms with van der Waals surface area (Å²) >= 11 is 0. The van der Waals surface area contributed by atoms with Crippen molar-refractivity contribution in [3.05, 3.63) is 71.9 Å². The molecule has 1 aromatic heterocycles. The average Bonchev–Trinajstić information content (AvgIpc) is 2.93. The van der Waals surface area contributed by atoms with E-state index >= 15 is 0 Å². The molecule has 4 nitrogen and oxygen atoms in total. The van der Waals surface area contributed by atoms with Crippen LogP contribution in [-0.4, -0.2) is 12.4 Å². The molecule has 0 atom stereocenters. The highest BCUT2D eigenvalue weighted by atomic mass is 32.2. The largest absolute Gasteiger partial charge is 0.268 e. The molecule has 0 saturated heterocycles. The molecule has 0 fully saturated rings. The number of hydrogen-bond acceptors (Lipinski definition) is 3. The summed E-state index contributed by atoms with van der Waals surface area (Å²) in [7, 11) is -3.71. The van der Waals surface area contributed by atoms with Crippen LogP contribution < -0.4 is 0 Å². The molecule has 0 aliphatic carbocycles. The lowest BCUT2D eigenvalue weighted by atomic mass is 10.1. The molecule has 0 saturated carbocycles. The Morgan fingerprint density at radius 3 is 2.48 bits per heavy atom. The van der Waals surface area contributed by atoms with Gasteiger partial charge in [0.25, 0.3) is 10.0 Å². The lowest BCUT2D eigenvalue weighted by Crippen LogP contribution is -2.11. The fraction of sp³-hybridized carbons (Fsp3) is 0.0556. The van der Waals surface area contributed by atoms with Gasteiger partial charge in [0.15, 0.2) is 0 Å². The minimum absolute atomic E-state index is 0.222. The summed E-state index contributed by atoms with van der Waals surface area (Å²) in [6.07, 6.45) is 3.12. The van der Waals surface area contributed by atoms with Crippen LogP contribution in [0.2, 0.25) is 0 Å². The van der Waals surface area contributed by atoms with Crippen LogP contribution in [0, 0.1) is 18.3 Å². The molecule has 1 heterocycles. The second-order valence-electron chi connectivity index (χ2n) is 5.25. The Balaban J connectivity index is 2.30. The van der Waals surface area contributed by atoms with Crippen LogP contribution in [0.15, 0.2) is 60.1 Å². The van der Waals surface area contributed by atoms with E-state index in [0.717, 1.165) is 5.56 Å². The van der Waals surface area contributed by atoms with E-state index in [1.54, 1.807) is 48.5 Å². The molecule has 3 rings (SSSR count). The third-order valence-electron chi connectivity index (χ3n) is 3.73. The first-order valence-corrected chi connectivity index (χ1v) is 8.41. The maximum Gasteiger partial charge on any atom is 0.268 e. The topological polar surface area (TPSA) is 62.9 Å². The number of fused-ring (bicyclic) bond motifs is 1. The van der Waals surface area contributed by atoms with Gasteiger partial charge >= 0.3 is 0 Å². The molecule has 114 valence electrons. The van der Waals surface area contributed by atoms with Crippen LogP contribution >= 0.6 is 0 Å². The highest BCUT2D eigenvalue weighted by Gasteiger charge is 2.20. The summed E-state index contributed by atoms with van der Waals surface area (Å²) < 4.78 is 27.1. The molecule has 0 aliphatic rings. The Kier molecular flexibility index (Phi) is 3.55. The van der Waals surface area contributed by atoms with E-state index in [9.17, 15) is 8.42 Å². The van der Waals surface area contributed by atoms with Crippen molar-refractivity contribution in [2.75, 3.05) is 0 Å². The molecule has 0 unspecified atom stereocenters. The molecule has 0 aliphatic heterocycles. The normalized spacial score (nSPS) is 11.3. The van der Waals surface area contributed by atoms with E-state index in [1.807, 2.05) is 6.92 Å². The molecular formula is C18H14N2O2S. The Hall–Kier alpha value is -2.84. The lowest BCUT2D eigenvalue weighted by Gasteiger charge is -2.08. The van der Waals surface area contributed by atoms with Gasteiger partial charge in [-0.1, -0.05) is 30.4 Å². The highest BCUT2D eigenvalue weighted by molar-refractivity contribution is 7.90. The predicted molar refractivity (Wildman–Crippen MR) is 90.5 cm³/mol. The van der Waals surface area contributed by atoms with Crippen molar-refractivity contribution < 1.29 is 8.42 Å². The average molecular weight is 322 g/mol. The van der Waals surface area contributed by atoms with E-state index in [-0.39, 0.29) is 4.90 Å². The smallest absolute Gasteiger partial charge is 0.241 e. The van der Waals surface area contributed by atoms with Gasteiger partial charge in [-0.2, -0.15) is 5.26 Å². The van der Waals surface area contributed by atoms with E-state index in [2.05, 4.69) is 12.6 Å². The monoisotopic (exact) mass is 322 g/mol. The SMILES string of the molecule is C=Cc1cn(S(=O)(=O)c2ccc(C)cc2)c2ccc(C#N)cc12. The van der Waals surface area contributed by atoms with Gasteiger partial charge in [0.2, 0.25) is 0 Å². The van der Waals surface area contributed by atoms with Gasteiger partial charge < -0.3 is 0 Å². The maximum atomic E-state index is 12.9. The van der Waals surface area contributed by atoms with Crippen molar-refractivity contribution in [3.8, 4) is 6.07 Å². The number of rotatable bonds is 3. The van der Waals surface area contributed by atoms with Gasteiger partial charge in [-0.25, -0.2) is 12.4 Å². The molecule has 2 aromatic carbocycles.